The Morgan fingerprint density at radius 3 is 3.11 bits per heavy atom. The second kappa shape index (κ2) is 6.10. The van der Waals surface area contributed by atoms with E-state index in [0.717, 1.165) is 30.7 Å². The van der Waals surface area contributed by atoms with E-state index in [1.165, 1.54) is 0 Å². The monoisotopic (exact) mass is 267 g/mol. The standard InChI is InChI=1S/C14H18ClNO2/c1-18-13-6-2-4-11(8-13)9-14(17)16-7-3-5-12(16)10-15/h2,4,6,8,12H,3,5,7,9-10H2,1H3. The third-order valence-corrected chi connectivity index (χ3v) is 3.72. The normalized spacial score (nSPS) is 19.0. The number of benzene rings is 1. The van der Waals surface area contributed by atoms with Gasteiger partial charge in [0.25, 0.3) is 0 Å². The highest BCUT2D eigenvalue weighted by Gasteiger charge is 2.27. The summed E-state index contributed by atoms with van der Waals surface area (Å²) in [7, 11) is 1.63. The van der Waals surface area contributed by atoms with Gasteiger partial charge in [-0.3, -0.25) is 4.79 Å². The van der Waals surface area contributed by atoms with Crippen molar-refractivity contribution in [3.8, 4) is 5.75 Å². The number of alkyl halides is 1. The molecule has 0 saturated carbocycles. The minimum absolute atomic E-state index is 0.159. The van der Waals surface area contributed by atoms with Crippen molar-refractivity contribution in [3.63, 3.8) is 0 Å². The third kappa shape index (κ3) is 2.96. The maximum atomic E-state index is 12.2. The molecule has 4 heteroatoms. The summed E-state index contributed by atoms with van der Waals surface area (Å²) in [5.74, 6) is 1.48. The van der Waals surface area contributed by atoms with Crippen molar-refractivity contribution >= 4 is 17.5 Å². The lowest BCUT2D eigenvalue weighted by Gasteiger charge is -2.23. The number of ether oxygens (including phenoxy) is 1. The molecule has 1 aromatic rings. The largest absolute Gasteiger partial charge is 0.497 e. The Kier molecular flexibility index (Phi) is 4.48. The van der Waals surface area contributed by atoms with Crippen LogP contribution in [0, 0.1) is 0 Å². The van der Waals surface area contributed by atoms with E-state index in [1.807, 2.05) is 29.2 Å². The zero-order chi connectivity index (χ0) is 13.0. The Bertz CT molecular complexity index is 422. The fraction of sp³-hybridized carbons (Fsp3) is 0.500. The van der Waals surface area contributed by atoms with Crippen LogP contribution in [0.1, 0.15) is 18.4 Å². The van der Waals surface area contributed by atoms with Gasteiger partial charge in [-0.15, -0.1) is 11.6 Å². The van der Waals surface area contributed by atoms with E-state index in [9.17, 15) is 4.79 Å². The van der Waals surface area contributed by atoms with Gasteiger partial charge in [0.2, 0.25) is 5.91 Å². The minimum atomic E-state index is 0.159. The fourth-order valence-electron chi connectivity index (χ4n) is 2.38. The number of hydrogen-bond donors (Lipinski definition) is 0. The first-order valence-corrected chi connectivity index (χ1v) is 6.76. The van der Waals surface area contributed by atoms with Crippen LogP contribution in [0.2, 0.25) is 0 Å². The predicted molar refractivity (Wildman–Crippen MR) is 72.2 cm³/mol. The van der Waals surface area contributed by atoms with Gasteiger partial charge in [0, 0.05) is 18.5 Å². The SMILES string of the molecule is COc1cccc(CC(=O)N2CCCC2CCl)c1. The van der Waals surface area contributed by atoms with Gasteiger partial charge >= 0.3 is 0 Å². The molecular formula is C14H18ClNO2. The number of halogens is 1. The molecule has 1 aromatic carbocycles. The van der Waals surface area contributed by atoms with Gasteiger partial charge in [-0.1, -0.05) is 12.1 Å². The van der Waals surface area contributed by atoms with Crippen molar-refractivity contribution in [1.29, 1.82) is 0 Å². The molecule has 1 atom stereocenters. The smallest absolute Gasteiger partial charge is 0.227 e. The Balaban J connectivity index is 2.02. The highest BCUT2D eigenvalue weighted by atomic mass is 35.5. The molecule has 0 spiro atoms. The van der Waals surface area contributed by atoms with E-state index in [2.05, 4.69) is 0 Å². The molecule has 0 aromatic heterocycles. The van der Waals surface area contributed by atoms with Crippen molar-refractivity contribution in [2.75, 3.05) is 19.5 Å². The molecule has 1 saturated heterocycles. The highest BCUT2D eigenvalue weighted by Crippen LogP contribution is 2.20. The van der Waals surface area contributed by atoms with Gasteiger partial charge in [-0.05, 0) is 30.5 Å². The molecule has 0 aliphatic carbocycles. The van der Waals surface area contributed by atoms with E-state index in [-0.39, 0.29) is 11.9 Å². The van der Waals surface area contributed by atoms with Gasteiger partial charge in [-0.2, -0.15) is 0 Å². The van der Waals surface area contributed by atoms with Gasteiger partial charge < -0.3 is 9.64 Å². The average Bonchev–Trinajstić information content (AvgIpc) is 2.87. The van der Waals surface area contributed by atoms with Crippen LogP contribution < -0.4 is 4.74 Å². The maximum Gasteiger partial charge on any atom is 0.227 e. The van der Waals surface area contributed by atoms with Crippen molar-refractivity contribution in [2.24, 2.45) is 0 Å². The lowest BCUT2D eigenvalue weighted by Crippen LogP contribution is -2.37. The molecule has 18 heavy (non-hydrogen) atoms. The van der Waals surface area contributed by atoms with Crippen molar-refractivity contribution in [3.05, 3.63) is 29.8 Å². The summed E-state index contributed by atoms with van der Waals surface area (Å²) in [6.07, 6.45) is 2.50. The molecule has 0 bridgehead atoms. The number of methoxy groups -OCH3 is 1. The molecule has 1 aliphatic heterocycles. The maximum absolute atomic E-state index is 12.2. The molecule has 3 nitrogen and oxygen atoms in total. The van der Waals surface area contributed by atoms with Crippen LogP contribution in [0.4, 0.5) is 0 Å². The number of likely N-dealkylation sites (tertiary alicyclic amines) is 1. The number of carbonyl (C=O) groups is 1. The summed E-state index contributed by atoms with van der Waals surface area (Å²) >= 11 is 5.88. The molecular weight excluding hydrogens is 250 g/mol. The van der Waals surface area contributed by atoms with Crippen molar-refractivity contribution in [1.82, 2.24) is 4.90 Å². The van der Waals surface area contributed by atoms with E-state index in [4.69, 9.17) is 16.3 Å². The lowest BCUT2D eigenvalue weighted by atomic mass is 10.1. The topological polar surface area (TPSA) is 29.5 Å². The second-order valence-corrected chi connectivity index (χ2v) is 4.87. The van der Waals surface area contributed by atoms with Crippen LogP contribution >= 0.6 is 11.6 Å². The first-order valence-electron chi connectivity index (χ1n) is 6.23. The summed E-state index contributed by atoms with van der Waals surface area (Å²) in [4.78, 5) is 14.1. The van der Waals surface area contributed by atoms with Crippen molar-refractivity contribution in [2.45, 2.75) is 25.3 Å². The molecule has 98 valence electrons. The zero-order valence-electron chi connectivity index (χ0n) is 10.6. The van der Waals surface area contributed by atoms with Gasteiger partial charge in [0.05, 0.1) is 13.5 Å². The first kappa shape index (κ1) is 13.2. The van der Waals surface area contributed by atoms with Crippen LogP contribution in [0.3, 0.4) is 0 Å². The molecule has 0 radical (unpaired) electrons. The van der Waals surface area contributed by atoms with Crippen LogP contribution in [-0.4, -0.2) is 36.4 Å². The Labute approximate surface area is 113 Å². The Morgan fingerprint density at radius 2 is 2.39 bits per heavy atom. The molecule has 1 amide bonds. The Morgan fingerprint density at radius 1 is 1.56 bits per heavy atom. The van der Waals surface area contributed by atoms with Gasteiger partial charge in [0.1, 0.15) is 5.75 Å². The number of rotatable bonds is 4. The van der Waals surface area contributed by atoms with Gasteiger partial charge in [0.15, 0.2) is 0 Å². The molecule has 1 unspecified atom stereocenters. The number of hydrogen-bond acceptors (Lipinski definition) is 2. The second-order valence-electron chi connectivity index (χ2n) is 4.57. The molecule has 0 N–H and O–H groups in total. The third-order valence-electron chi connectivity index (χ3n) is 3.37. The minimum Gasteiger partial charge on any atom is -0.497 e. The highest BCUT2D eigenvalue weighted by molar-refractivity contribution is 6.18. The Hall–Kier alpha value is -1.22. The van der Waals surface area contributed by atoms with Crippen LogP contribution in [0.25, 0.3) is 0 Å². The quantitative estimate of drug-likeness (QED) is 0.785. The van der Waals surface area contributed by atoms with Crippen molar-refractivity contribution < 1.29 is 9.53 Å². The summed E-state index contributed by atoms with van der Waals surface area (Å²) in [6, 6.07) is 7.86. The summed E-state index contributed by atoms with van der Waals surface area (Å²) in [5.41, 5.74) is 0.986. The van der Waals surface area contributed by atoms with Crippen LogP contribution in [0.15, 0.2) is 24.3 Å². The van der Waals surface area contributed by atoms with E-state index in [0.29, 0.717) is 12.3 Å². The van der Waals surface area contributed by atoms with Gasteiger partial charge in [-0.25, -0.2) is 0 Å². The predicted octanol–water partition coefficient (Wildman–Crippen LogP) is 2.47. The van der Waals surface area contributed by atoms with E-state index < -0.39 is 0 Å². The van der Waals surface area contributed by atoms with E-state index in [1.54, 1.807) is 7.11 Å². The molecule has 2 rings (SSSR count). The summed E-state index contributed by atoms with van der Waals surface area (Å²) < 4.78 is 5.16. The number of nitrogens with zero attached hydrogens (tertiary/aromatic N) is 1. The van der Waals surface area contributed by atoms with Crippen LogP contribution in [-0.2, 0) is 11.2 Å². The lowest BCUT2D eigenvalue weighted by molar-refractivity contribution is -0.130. The molecule has 1 fully saturated rings. The summed E-state index contributed by atoms with van der Waals surface area (Å²) in [6.45, 7) is 0.834. The molecule has 1 aliphatic rings. The van der Waals surface area contributed by atoms with E-state index >= 15 is 0 Å². The summed E-state index contributed by atoms with van der Waals surface area (Å²) in [5, 5.41) is 0. The average molecular weight is 268 g/mol. The first-order chi connectivity index (χ1) is 8.74. The zero-order valence-corrected chi connectivity index (χ0v) is 11.3. The number of amides is 1. The van der Waals surface area contributed by atoms with Crippen LogP contribution in [0.5, 0.6) is 5.75 Å². The fourth-order valence-corrected chi connectivity index (χ4v) is 2.70. The molecule has 1 heterocycles. The number of carbonyl (C=O) groups excluding carboxylic acids is 1.